The van der Waals surface area contributed by atoms with Gasteiger partial charge in [-0.15, -0.1) is 0 Å². The van der Waals surface area contributed by atoms with Gasteiger partial charge in [-0.1, -0.05) is 42.5 Å². The minimum atomic E-state index is -0.475. The highest BCUT2D eigenvalue weighted by atomic mass is 16.4. The Bertz CT molecular complexity index is 1290. The third kappa shape index (κ3) is 2.64. The number of fused-ring (bicyclic) bond motifs is 1. The van der Waals surface area contributed by atoms with Crippen LogP contribution in [-0.4, -0.2) is 5.96 Å². The van der Waals surface area contributed by atoms with E-state index in [2.05, 4.69) is 34.6 Å². The number of para-hydroxylation sites is 1. The van der Waals surface area contributed by atoms with Gasteiger partial charge in [0.05, 0.1) is 5.69 Å². The second-order valence-electron chi connectivity index (χ2n) is 6.69. The smallest absolute Gasteiger partial charge is 0.360 e. The molecule has 0 radical (unpaired) electrons. The van der Waals surface area contributed by atoms with E-state index in [0.29, 0.717) is 5.58 Å². The standard InChI is InChI=1S/C22H17N3O2/c23-22(25-18-12-15-4-1-2-7-19(15)27-21(18)26)24-17-11-9-14-6-3-5-13-8-10-16(17)20(13)14/h1-7,9,11-12H,8,10H2,(H3,23,24,25). The Balaban J connectivity index is 1.53. The van der Waals surface area contributed by atoms with Crippen molar-refractivity contribution in [3.8, 4) is 0 Å². The third-order valence-electron chi connectivity index (χ3n) is 5.00. The van der Waals surface area contributed by atoms with Gasteiger partial charge in [-0.3, -0.25) is 0 Å². The molecule has 0 amide bonds. The molecule has 1 aliphatic carbocycles. The van der Waals surface area contributed by atoms with E-state index in [1.54, 1.807) is 12.1 Å². The lowest BCUT2D eigenvalue weighted by molar-refractivity contribution is 0.564. The highest BCUT2D eigenvalue weighted by molar-refractivity contribution is 5.98. The molecular weight excluding hydrogens is 338 g/mol. The van der Waals surface area contributed by atoms with Gasteiger partial charge in [0.15, 0.2) is 5.96 Å². The number of hydrogen-bond donors (Lipinski definition) is 2. The highest BCUT2D eigenvalue weighted by Gasteiger charge is 2.17. The van der Waals surface area contributed by atoms with Crippen molar-refractivity contribution >= 4 is 39.1 Å². The van der Waals surface area contributed by atoms with Crippen molar-refractivity contribution in [2.45, 2.75) is 12.8 Å². The van der Waals surface area contributed by atoms with Gasteiger partial charge in [0.2, 0.25) is 0 Å². The van der Waals surface area contributed by atoms with Crippen molar-refractivity contribution in [1.29, 1.82) is 0 Å². The molecule has 1 aliphatic rings. The Hall–Kier alpha value is -3.60. The molecule has 0 unspecified atom stereocenters. The number of aryl methyl sites for hydroxylation is 2. The van der Waals surface area contributed by atoms with Crippen LogP contribution in [0.2, 0.25) is 0 Å². The van der Waals surface area contributed by atoms with Gasteiger partial charge in [-0.05, 0) is 52.9 Å². The molecule has 1 aromatic heterocycles. The van der Waals surface area contributed by atoms with Crippen molar-refractivity contribution in [3.63, 3.8) is 0 Å². The van der Waals surface area contributed by atoms with E-state index in [9.17, 15) is 4.79 Å². The number of aliphatic imine (C=N–C) groups is 1. The van der Waals surface area contributed by atoms with Gasteiger partial charge >= 0.3 is 5.63 Å². The predicted octanol–water partition coefficient (Wildman–Crippen LogP) is 4.10. The summed E-state index contributed by atoms with van der Waals surface area (Å²) in [6.07, 6.45) is 1.96. The van der Waals surface area contributed by atoms with Crippen molar-refractivity contribution in [1.82, 2.24) is 0 Å². The van der Waals surface area contributed by atoms with E-state index in [1.165, 1.54) is 21.9 Å². The molecule has 3 N–H and O–H groups in total. The molecule has 132 valence electrons. The average molecular weight is 355 g/mol. The molecule has 0 bridgehead atoms. The summed E-state index contributed by atoms with van der Waals surface area (Å²) in [7, 11) is 0. The topological polar surface area (TPSA) is 80.6 Å². The quantitative estimate of drug-likeness (QED) is 0.322. The van der Waals surface area contributed by atoms with Crippen LogP contribution in [0, 0.1) is 0 Å². The maximum absolute atomic E-state index is 12.2. The number of hydrogen-bond acceptors (Lipinski definition) is 3. The van der Waals surface area contributed by atoms with Crippen molar-refractivity contribution in [2.75, 3.05) is 5.32 Å². The number of guanidine groups is 1. The molecule has 0 fully saturated rings. The van der Waals surface area contributed by atoms with Crippen LogP contribution < -0.4 is 16.7 Å². The van der Waals surface area contributed by atoms with Crippen LogP contribution in [0.1, 0.15) is 11.1 Å². The van der Waals surface area contributed by atoms with Crippen LogP contribution in [0.4, 0.5) is 11.4 Å². The molecule has 4 aromatic rings. The Labute approximate surface area is 155 Å². The molecular formula is C22H17N3O2. The minimum absolute atomic E-state index is 0.164. The molecule has 5 rings (SSSR count). The normalized spacial score (nSPS) is 13.4. The zero-order valence-electron chi connectivity index (χ0n) is 14.5. The van der Waals surface area contributed by atoms with Crippen molar-refractivity contribution in [3.05, 3.63) is 82.2 Å². The van der Waals surface area contributed by atoms with E-state index in [0.717, 1.165) is 23.9 Å². The summed E-state index contributed by atoms with van der Waals surface area (Å²) >= 11 is 0. The predicted molar refractivity (Wildman–Crippen MR) is 109 cm³/mol. The molecule has 5 heteroatoms. The molecule has 0 spiro atoms. The molecule has 5 nitrogen and oxygen atoms in total. The van der Waals surface area contributed by atoms with Gasteiger partial charge in [-0.2, -0.15) is 0 Å². The first-order valence-electron chi connectivity index (χ1n) is 8.86. The van der Waals surface area contributed by atoms with Gasteiger partial charge in [0.25, 0.3) is 0 Å². The summed E-state index contributed by atoms with van der Waals surface area (Å²) in [5, 5.41) is 6.21. The van der Waals surface area contributed by atoms with Crippen LogP contribution in [0.3, 0.4) is 0 Å². The van der Waals surface area contributed by atoms with Gasteiger partial charge in [0, 0.05) is 5.39 Å². The monoisotopic (exact) mass is 355 g/mol. The molecule has 0 saturated carbocycles. The Morgan fingerprint density at radius 1 is 1.00 bits per heavy atom. The first-order chi connectivity index (χ1) is 13.2. The summed E-state index contributed by atoms with van der Waals surface area (Å²) in [5.74, 6) is 0.164. The lowest BCUT2D eigenvalue weighted by Gasteiger charge is -2.08. The van der Waals surface area contributed by atoms with E-state index in [4.69, 9.17) is 10.2 Å². The SMILES string of the molecule is NC(=Nc1ccc2cccc3c2c1CC3)Nc1cc2ccccc2oc1=O. The van der Waals surface area contributed by atoms with Gasteiger partial charge in [-0.25, -0.2) is 9.79 Å². The lowest BCUT2D eigenvalue weighted by Crippen LogP contribution is -2.25. The first kappa shape index (κ1) is 15.6. The van der Waals surface area contributed by atoms with Crippen LogP contribution in [-0.2, 0) is 12.8 Å². The maximum Gasteiger partial charge on any atom is 0.360 e. The molecule has 3 aromatic carbocycles. The fourth-order valence-corrected chi connectivity index (χ4v) is 3.79. The van der Waals surface area contributed by atoms with Crippen LogP contribution >= 0.6 is 0 Å². The Kier molecular flexibility index (Phi) is 3.47. The number of nitrogens with one attached hydrogen (secondary N) is 1. The van der Waals surface area contributed by atoms with Crippen molar-refractivity contribution < 1.29 is 4.42 Å². The van der Waals surface area contributed by atoms with E-state index < -0.39 is 5.63 Å². The third-order valence-corrected chi connectivity index (χ3v) is 5.00. The second-order valence-corrected chi connectivity index (χ2v) is 6.69. The number of nitrogens with two attached hydrogens (primary N) is 1. The number of anilines is 1. The Morgan fingerprint density at radius 3 is 2.78 bits per heavy atom. The molecule has 0 atom stereocenters. The fraction of sp³-hybridized carbons (Fsp3) is 0.0909. The highest BCUT2D eigenvalue weighted by Crippen LogP contribution is 2.36. The molecule has 1 heterocycles. The summed E-state index contributed by atoms with van der Waals surface area (Å²) in [5.41, 5.74) is 9.82. The van der Waals surface area contributed by atoms with E-state index in [-0.39, 0.29) is 11.6 Å². The largest absolute Gasteiger partial charge is 0.421 e. The van der Waals surface area contributed by atoms with E-state index >= 15 is 0 Å². The fourth-order valence-electron chi connectivity index (χ4n) is 3.79. The number of nitrogens with zero attached hydrogens (tertiary/aromatic N) is 1. The van der Waals surface area contributed by atoms with Crippen LogP contribution in [0.15, 0.2) is 74.9 Å². The maximum atomic E-state index is 12.2. The Morgan fingerprint density at radius 2 is 1.85 bits per heavy atom. The zero-order chi connectivity index (χ0) is 18.4. The summed E-state index contributed by atoms with van der Waals surface area (Å²) in [4.78, 5) is 16.7. The second kappa shape index (κ2) is 5.99. The molecule has 0 aliphatic heterocycles. The van der Waals surface area contributed by atoms with Crippen molar-refractivity contribution in [2.24, 2.45) is 10.7 Å². The zero-order valence-corrected chi connectivity index (χ0v) is 14.5. The van der Waals surface area contributed by atoms with Gasteiger partial charge < -0.3 is 15.5 Å². The summed E-state index contributed by atoms with van der Waals surface area (Å²) < 4.78 is 5.33. The first-order valence-corrected chi connectivity index (χ1v) is 8.86. The minimum Gasteiger partial charge on any atom is -0.421 e. The number of benzene rings is 3. The number of rotatable bonds is 2. The van der Waals surface area contributed by atoms with E-state index in [1.807, 2.05) is 24.3 Å². The summed E-state index contributed by atoms with van der Waals surface area (Å²) in [6, 6.07) is 19.5. The lowest BCUT2D eigenvalue weighted by atomic mass is 10.0. The summed E-state index contributed by atoms with van der Waals surface area (Å²) in [6.45, 7) is 0. The van der Waals surface area contributed by atoms with Gasteiger partial charge in [0.1, 0.15) is 11.3 Å². The molecule has 27 heavy (non-hydrogen) atoms. The van der Waals surface area contributed by atoms with Crippen LogP contribution in [0.25, 0.3) is 21.7 Å². The average Bonchev–Trinajstić information content (AvgIpc) is 3.11. The van der Waals surface area contributed by atoms with Crippen LogP contribution in [0.5, 0.6) is 0 Å². The molecule has 0 saturated heterocycles.